The van der Waals surface area contributed by atoms with E-state index >= 15 is 0 Å². The van der Waals surface area contributed by atoms with E-state index in [2.05, 4.69) is 9.97 Å². The highest BCUT2D eigenvalue weighted by molar-refractivity contribution is 6.01. The minimum Gasteiger partial charge on any atom is -0.333 e. The number of carbonyl (C=O) groups excluding carboxylic acids is 2. The Morgan fingerprint density at radius 2 is 1.48 bits per heavy atom. The van der Waals surface area contributed by atoms with E-state index in [9.17, 15) is 9.59 Å². The van der Waals surface area contributed by atoms with Gasteiger partial charge in [0.25, 0.3) is 0 Å². The molecule has 0 radical (unpaired) electrons. The van der Waals surface area contributed by atoms with Gasteiger partial charge in [-0.15, -0.1) is 0 Å². The Balaban J connectivity index is 2.58. The Morgan fingerprint density at radius 1 is 0.957 bits per heavy atom. The summed E-state index contributed by atoms with van der Waals surface area (Å²) in [4.78, 5) is 31.0. The van der Waals surface area contributed by atoms with Gasteiger partial charge in [-0.25, -0.2) is 4.98 Å². The number of hydrogen-bond donors (Lipinski definition) is 5. The van der Waals surface area contributed by atoms with Crippen molar-refractivity contribution in [3.63, 3.8) is 0 Å². The average molecular weight is 324 g/mol. The lowest BCUT2D eigenvalue weighted by atomic mass is 10.0. The molecule has 0 spiro atoms. The van der Waals surface area contributed by atoms with E-state index < -0.39 is 12.1 Å². The third kappa shape index (κ3) is 6.19. The van der Waals surface area contributed by atoms with Crippen LogP contribution in [0.4, 0.5) is 0 Å². The number of aromatic nitrogens is 2. The summed E-state index contributed by atoms with van der Waals surface area (Å²) in [6.45, 7) is 1.15. The second kappa shape index (κ2) is 10.2. The number of nitrogens with one attached hydrogen (secondary N) is 1. The molecule has 1 aromatic rings. The fraction of sp³-hybridized carbons (Fsp3) is 0.667. The summed E-state index contributed by atoms with van der Waals surface area (Å²) in [5.74, 6) is -0.467. The van der Waals surface area contributed by atoms with E-state index in [1.54, 1.807) is 0 Å². The van der Waals surface area contributed by atoms with Gasteiger partial charge >= 0.3 is 0 Å². The summed E-state index contributed by atoms with van der Waals surface area (Å²) >= 11 is 0. The van der Waals surface area contributed by atoms with Gasteiger partial charge in [0.15, 0.2) is 11.6 Å². The van der Waals surface area contributed by atoms with Gasteiger partial charge in [0.1, 0.15) is 5.69 Å². The van der Waals surface area contributed by atoms with E-state index in [0.29, 0.717) is 25.9 Å². The van der Waals surface area contributed by atoms with Crippen molar-refractivity contribution in [2.24, 2.45) is 22.9 Å². The summed E-state index contributed by atoms with van der Waals surface area (Å²) in [5.41, 5.74) is 22.8. The Morgan fingerprint density at radius 3 is 2.00 bits per heavy atom. The van der Waals surface area contributed by atoms with Gasteiger partial charge in [-0.05, 0) is 38.8 Å². The van der Waals surface area contributed by atoms with Crippen LogP contribution in [-0.4, -0.2) is 46.7 Å². The summed E-state index contributed by atoms with van der Waals surface area (Å²) in [7, 11) is 0. The lowest BCUT2D eigenvalue weighted by Gasteiger charge is -2.09. The molecule has 8 heteroatoms. The molecule has 130 valence electrons. The molecule has 0 fully saturated rings. The average Bonchev–Trinajstić information content (AvgIpc) is 3.03. The summed E-state index contributed by atoms with van der Waals surface area (Å²) < 4.78 is 0. The Kier molecular flexibility index (Phi) is 8.64. The summed E-state index contributed by atoms with van der Waals surface area (Å²) in [6.07, 6.45) is 5.64. The number of ketones is 2. The van der Waals surface area contributed by atoms with Crippen LogP contribution in [0, 0.1) is 0 Å². The molecule has 0 aliphatic rings. The standard InChI is InChI=1S/C15H28N6O2/c16-7-3-1-5-10(18)13(22)12-9-20-15(21-12)14(23)11(19)6-2-4-8-17/h9-11H,1-8,16-19H2,(H,20,21). The zero-order chi connectivity index (χ0) is 17.2. The van der Waals surface area contributed by atoms with E-state index in [4.69, 9.17) is 22.9 Å². The van der Waals surface area contributed by atoms with E-state index in [-0.39, 0.29) is 23.1 Å². The first kappa shape index (κ1) is 19.4. The number of Topliss-reactive ketones (excluding diaryl/α,β-unsaturated/α-hetero) is 2. The molecule has 0 amide bonds. The highest BCUT2D eigenvalue weighted by Gasteiger charge is 2.22. The molecule has 0 saturated carbocycles. The van der Waals surface area contributed by atoms with Gasteiger partial charge in [-0.3, -0.25) is 9.59 Å². The fourth-order valence-electron chi connectivity index (χ4n) is 2.23. The smallest absolute Gasteiger partial charge is 0.214 e. The molecule has 1 rings (SSSR count). The third-order valence-electron chi connectivity index (χ3n) is 3.69. The number of H-pyrrole nitrogens is 1. The molecule has 8 nitrogen and oxygen atoms in total. The number of unbranched alkanes of at least 4 members (excludes halogenated alkanes) is 2. The molecule has 23 heavy (non-hydrogen) atoms. The van der Waals surface area contributed by atoms with Gasteiger partial charge in [0, 0.05) is 0 Å². The van der Waals surface area contributed by atoms with Crippen LogP contribution in [0.15, 0.2) is 6.20 Å². The van der Waals surface area contributed by atoms with Crippen molar-refractivity contribution in [1.29, 1.82) is 0 Å². The Labute approximate surface area is 136 Å². The number of hydrogen-bond acceptors (Lipinski definition) is 7. The van der Waals surface area contributed by atoms with Crippen molar-refractivity contribution in [2.45, 2.75) is 50.6 Å². The minimum absolute atomic E-state index is 0.0998. The van der Waals surface area contributed by atoms with Crippen LogP contribution in [0.25, 0.3) is 0 Å². The lowest BCUT2D eigenvalue weighted by Crippen LogP contribution is -2.32. The molecular formula is C15H28N6O2. The van der Waals surface area contributed by atoms with Crippen LogP contribution in [-0.2, 0) is 0 Å². The van der Waals surface area contributed by atoms with E-state index in [1.807, 2.05) is 0 Å². The zero-order valence-electron chi connectivity index (χ0n) is 13.5. The van der Waals surface area contributed by atoms with Crippen LogP contribution >= 0.6 is 0 Å². The first-order chi connectivity index (χ1) is 11.0. The van der Waals surface area contributed by atoms with Gasteiger partial charge < -0.3 is 27.9 Å². The van der Waals surface area contributed by atoms with Crippen molar-refractivity contribution in [1.82, 2.24) is 9.97 Å². The largest absolute Gasteiger partial charge is 0.333 e. The molecule has 1 aromatic heterocycles. The van der Waals surface area contributed by atoms with Crippen LogP contribution < -0.4 is 22.9 Å². The molecule has 0 aromatic carbocycles. The predicted octanol–water partition coefficient (Wildman–Crippen LogP) is -0.312. The lowest BCUT2D eigenvalue weighted by molar-refractivity contribution is 0.0946. The molecule has 0 saturated heterocycles. The topological polar surface area (TPSA) is 167 Å². The van der Waals surface area contributed by atoms with Crippen LogP contribution in [0.2, 0.25) is 0 Å². The van der Waals surface area contributed by atoms with Crippen LogP contribution in [0.3, 0.4) is 0 Å². The summed E-state index contributed by atoms with van der Waals surface area (Å²) in [5, 5.41) is 0. The normalized spacial score (nSPS) is 13.7. The second-order valence-corrected chi connectivity index (χ2v) is 5.66. The van der Waals surface area contributed by atoms with Crippen molar-refractivity contribution in [2.75, 3.05) is 13.1 Å². The zero-order valence-corrected chi connectivity index (χ0v) is 13.5. The number of nitrogens with two attached hydrogens (primary N) is 4. The predicted molar refractivity (Wildman–Crippen MR) is 89.0 cm³/mol. The maximum Gasteiger partial charge on any atom is 0.214 e. The number of imidazole rings is 1. The quantitative estimate of drug-likeness (QED) is 0.259. The molecule has 2 unspecified atom stereocenters. The monoisotopic (exact) mass is 324 g/mol. The number of aromatic amines is 1. The van der Waals surface area contributed by atoms with Gasteiger partial charge in [-0.1, -0.05) is 12.8 Å². The SMILES string of the molecule is NCCCCC(N)C(=O)c1cnc(C(=O)C(N)CCCCN)[nH]1. The van der Waals surface area contributed by atoms with Crippen LogP contribution in [0.1, 0.15) is 59.6 Å². The van der Waals surface area contributed by atoms with E-state index in [1.165, 1.54) is 6.20 Å². The van der Waals surface area contributed by atoms with Crippen LogP contribution in [0.5, 0.6) is 0 Å². The van der Waals surface area contributed by atoms with Crippen molar-refractivity contribution < 1.29 is 9.59 Å². The molecule has 9 N–H and O–H groups in total. The Hall–Kier alpha value is -1.61. The van der Waals surface area contributed by atoms with E-state index in [0.717, 1.165) is 25.7 Å². The highest BCUT2D eigenvalue weighted by Crippen LogP contribution is 2.09. The van der Waals surface area contributed by atoms with Gasteiger partial charge in [-0.2, -0.15) is 0 Å². The molecule has 0 bridgehead atoms. The number of rotatable bonds is 12. The Bertz CT molecular complexity index is 459. The molecule has 0 aliphatic heterocycles. The molecule has 0 aliphatic carbocycles. The fourth-order valence-corrected chi connectivity index (χ4v) is 2.23. The van der Waals surface area contributed by atoms with Gasteiger partial charge in [0.2, 0.25) is 5.78 Å². The second-order valence-electron chi connectivity index (χ2n) is 5.66. The first-order valence-corrected chi connectivity index (χ1v) is 8.06. The molecular weight excluding hydrogens is 296 g/mol. The third-order valence-corrected chi connectivity index (χ3v) is 3.69. The highest BCUT2D eigenvalue weighted by atomic mass is 16.1. The van der Waals surface area contributed by atoms with Crippen molar-refractivity contribution in [3.8, 4) is 0 Å². The molecule has 1 heterocycles. The van der Waals surface area contributed by atoms with Crippen molar-refractivity contribution in [3.05, 3.63) is 17.7 Å². The first-order valence-electron chi connectivity index (χ1n) is 8.06. The maximum absolute atomic E-state index is 12.2. The minimum atomic E-state index is -0.645. The number of nitrogens with zero attached hydrogens (tertiary/aromatic N) is 1. The van der Waals surface area contributed by atoms with Crippen molar-refractivity contribution >= 4 is 11.6 Å². The maximum atomic E-state index is 12.2. The summed E-state index contributed by atoms with van der Waals surface area (Å²) in [6, 6.07) is -1.27. The van der Waals surface area contributed by atoms with Gasteiger partial charge in [0.05, 0.1) is 18.3 Å². The molecule has 2 atom stereocenters. The number of carbonyl (C=O) groups is 2.